The van der Waals surface area contributed by atoms with Crippen LogP contribution in [0, 0.1) is 6.92 Å². The molecule has 7 nitrogen and oxygen atoms in total. The van der Waals surface area contributed by atoms with Gasteiger partial charge in [0, 0.05) is 38.3 Å². The van der Waals surface area contributed by atoms with Crippen molar-refractivity contribution in [1.82, 2.24) is 20.4 Å². The van der Waals surface area contributed by atoms with Crippen LogP contribution in [0.3, 0.4) is 0 Å². The summed E-state index contributed by atoms with van der Waals surface area (Å²) in [6.45, 7) is 7.75. The summed E-state index contributed by atoms with van der Waals surface area (Å²) in [5.74, 6) is -0.0180. The molecular formula is C31H42N4O3. The van der Waals surface area contributed by atoms with Crippen LogP contribution in [-0.2, 0) is 16.0 Å². The molecule has 204 valence electrons. The summed E-state index contributed by atoms with van der Waals surface area (Å²) in [6.07, 6.45) is 5.27. The quantitative estimate of drug-likeness (QED) is 0.445. The molecule has 38 heavy (non-hydrogen) atoms. The molecule has 0 aliphatic carbocycles. The number of carbonyl (C=O) groups is 3. The van der Waals surface area contributed by atoms with Crippen molar-refractivity contribution in [3.63, 3.8) is 0 Å². The number of amides is 3. The van der Waals surface area contributed by atoms with E-state index in [2.05, 4.69) is 46.7 Å². The minimum absolute atomic E-state index is 0.00566. The summed E-state index contributed by atoms with van der Waals surface area (Å²) in [5.41, 5.74) is 2.24. The van der Waals surface area contributed by atoms with Gasteiger partial charge in [0.25, 0.3) is 5.91 Å². The van der Waals surface area contributed by atoms with E-state index in [-0.39, 0.29) is 17.7 Å². The highest BCUT2D eigenvalue weighted by molar-refractivity contribution is 6.00. The highest BCUT2D eigenvalue weighted by atomic mass is 16.2. The van der Waals surface area contributed by atoms with Gasteiger partial charge in [0.1, 0.15) is 11.6 Å². The Labute approximate surface area is 227 Å². The first kappa shape index (κ1) is 27.8. The highest BCUT2D eigenvalue weighted by Crippen LogP contribution is 2.34. The van der Waals surface area contributed by atoms with E-state index in [1.807, 2.05) is 42.2 Å². The maximum atomic E-state index is 13.5. The van der Waals surface area contributed by atoms with Crippen molar-refractivity contribution in [1.29, 1.82) is 0 Å². The zero-order valence-corrected chi connectivity index (χ0v) is 22.9. The van der Waals surface area contributed by atoms with Gasteiger partial charge in [0.05, 0.1) is 0 Å². The van der Waals surface area contributed by atoms with Crippen LogP contribution in [0.15, 0.2) is 54.6 Å². The Bertz CT molecular complexity index is 1100. The second-order valence-electron chi connectivity index (χ2n) is 10.7. The van der Waals surface area contributed by atoms with Gasteiger partial charge >= 0.3 is 0 Å². The van der Waals surface area contributed by atoms with E-state index in [0.29, 0.717) is 37.9 Å². The summed E-state index contributed by atoms with van der Waals surface area (Å²) in [6, 6.07) is 17.5. The number of unbranched alkanes of at least 4 members (excludes halogenated alkanes) is 1. The van der Waals surface area contributed by atoms with Gasteiger partial charge in [-0.15, -0.1) is 0 Å². The molecule has 1 spiro atoms. The Morgan fingerprint density at radius 2 is 1.71 bits per heavy atom. The van der Waals surface area contributed by atoms with Crippen LogP contribution >= 0.6 is 0 Å². The van der Waals surface area contributed by atoms with Crippen LogP contribution in [-0.4, -0.2) is 71.8 Å². The van der Waals surface area contributed by atoms with Crippen LogP contribution in [0.5, 0.6) is 0 Å². The van der Waals surface area contributed by atoms with Gasteiger partial charge in [-0.05, 0) is 69.1 Å². The molecule has 2 aliphatic heterocycles. The first-order chi connectivity index (χ1) is 18.4. The van der Waals surface area contributed by atoms with Crippen molar-refractivity contribution in [2.75, 3.05) is 32.7 Å². The normalized spacial score (nSPS) is 19.4. The molecule has 0 saturated carbocycles. The fourth-order valence-electron chi connectivity index (χ4n) is 5.79. The van der Waals surface area contributed by atoms with E-state index in [0.717, 1.165) is 50.9 Å². The zero-order valence-electron chi connectivity index (χ0n) is 22.9. The number of hydrogen-bond acceptors (Lipinski definition) is 4. The van der Waals surface area contributed by atoms with E-state index in [9.17, 15) is 14.4 Å². The zero-order chi connectivity index (χ0) is 27.0. The standard InChI is InChI=1S/C31H42N4O3/c1-3-20-35-29(37)27(15-9-10-19-32-28(36)26-14-8-7-11-24(26)2)33-30(38)31(35)17-22-34(23-18-31)21-16-25-12-5-4-6-13-25/h4-8,11-14,27H,3,9-10,15-23H2,1-2H3,(H,32,36)(H,33,38)/t27-/m0/s1. The van der Waals surface area contributed by atoms with Crippen molar-refractivity contribution in [3.8, 4) is 0 Å². The second-order valence-corrected chi connectivity index (χ2v) is 10.7. The van der Waals surface area contributed by atoms with E-state index >= 15 is 0 Å². The van der Waals surface area contributed by atoms with Gasteiger partial charge in [-0.2, -0.15) is 0 Å². The third kappa shape index (κ3) is 6.44. The fourth-order valence-corrected chi connectivity index (χ4v) is 5.79. The first-order valence-electron chi connectivity index (χ1n) is 14.2. The Morgan fingerprint density at radius 1 is 1.00 bits per heavy atom. The van der Waals surface area contributed by atoms with Gasteiger partial charge < -0.3 is 20.4 Å². The van der Waals surface area contributed by atoms with Crippen molar-refractivity contribution in [3.05, 3.63) is 71.3 Å². The van der Waals surface area contributed by atoms with E-state index in [1.54, 1.807) is 0 Å². The molecule has 2 aromatic rings. The molecule has 0 bridgehead atoms. The average Bonchev–Trinajstić information content (AvgIpc) is 2.94. The minimum atomic E-state index is -0.728. The molecule has 0 unspecified atom stereocenters. The molecule has 3 amide bonds. The number of hydrogen-bond donors (Lipinski definition) is 2. The smallest absolute Gasteiger partial charge is 0.251 e. The highest BCUT2D eigenvalue weighted by Gasteiger charge is 2.52. The number of aryl methyl sites for hydroxylation is 1. The average molecular weight is 519 g/mol. The molecule has 2 fully saturated rings. The number of carbonyl (C=O) groups excluding carboxylic acids is 3. The lowest BCUT2D eigenvalue weighted by Gasteiger charge is -2.51. The van der Waals surface area contributed by atoms with Gasteiger partial charge in [0.2, 0.25) is 11.8 Å². The third-order valence-corrected chi connectivity index (χ3v) is 8.09. The predicted octanol–water partition coefficient (Wildman–Crippen LogP) is 3.71. The van der Waals surface area contributed by atoms with Crippen molar-refractivity contribution in [2.45, 2.75) is 70.4 Å². The molecule has 2 saturated heterocycles. The Kier molecular flexibility index (Phi) is 9.56. The number of rotatable bonds is 11. The molecule has 0 aromatic heterocycles. The summed E-state index contributed by atoms with van der Waals surface area (Å²) in [4.78, 5) is 43.8. The number of nitrogens with one attached hydrogen (secondary N) is 2. The summed E-state index contributed by atoms with van der Waals surface area (Å²) < 4.78 is 0. The number of piperidine rings is 1. The summed E-state index contributed by atoms with van der Waals surface area (Å²) >= 11 is 0. The maximum Gasteiger partial charge on any atom is 0.251 e. The second kappa shape index (κ2) is 13.1. The van der Waals surface area contributed by atoms with E-state index in [4.69, 9.17) is 0 Å². The first-order valence-corrected chi connectivity index (χ1v) is 14.2. The van der Waals surface area contributed by atoms with Crippen LogP contribution in [0.2, 0.25) is 0 Å². The van der Waals surface area contributed by atoms with E-state index in [1.165, 1.54) is 5.56 Å². The lowest BCUT2D eigenvalue weighted by molar-refractivity contribution is -0.161. The summed E-state index contributed by atoms with van der Waals surface area (Å²) in [5, 5.41) is 6.06. The van der Waals surface area contributed by atoms with Crippen molar-refractivity contribution in [2.24, 2.45) is 0 Å². The SMILES string of the molecule is CCCN1C(=O)[C@H](CCCCNC(=O)c2ccccc2C)NC(=O)C12CCN(CCc1ccccc1)CC2. The van der Waals surface area contributed by atoms with Crippen LogP contribution in [0.1, 0.15) is 66.9 Å². The van der Waals surface area contributed by atoms with Gasteiger partial charge in [-0.3, -0.25) is 14.4 Å². The lowest BCUT2D eigenvalue weighted by atomic mass is 9.81. The van der Waals surface area contributed by atoms with E-state index < -0.39 is 11.6 Å². The molecule has 0 radical (unpaired) electrons. The monoisotopic (exact) mass is 518 g/mol. The molecular weight excluding hydrogens is 476 g/mol. The Hall–Kier alpha value is -3.19. The van der Waals surface area contributed by atoms with Gasteiger partial charge in [0.15, 0.2) is 0 Å². The predicted molar refractivity (Wildman–Crippen MR) is 150 cm³/mol. The summed E-state index contributed by atoms with van der Waals surface area (Å²) in [7, 11) is 0. The largest absolute Gasteiger partial charge is 0.352 e. The Balaban J connectivity index is 1.26. The maximum absolute atomic E-state index is 13.5. The third-order valence-electron chi connectivity index (χ3n) is 8.09. The molecule has 7 heteroatoms. The van der Waals surface area contributed by atoms with Gasteiger partial charge in [-0.1, -0.05) is 55.5 Å². The molecule has 2 aliphatic rings. The lowest BCUT2D eigenvalue weighted by Crippen LogP contribution is -2.72. The fraction of sp³-hybridized carbons (Fsp3) is 0.516. The molecule has 2 aromatic carbocycles. The van der Waals surface area contributed by atoms with Crippen LogP contribution in [0.4, 0.5) is 0 Å². The van der Waals surface area contributed by atoms with Crippen molar-refractivity contribution < 1.29 is 14.4 Å². The van der Waals surface area contributed by atoms with Crippen LogP contribution in [0.25, 0.3) is 0 Å². The Morgan fingerprint density at radius 3 is 2.42 bits per heavy atom. The van der Waals surface area contributed by atoms with Gasteiger partial charge in [-0.25, -0.2) is 0 Å². The minimum Gasteiger partial charge on any atom is -0.352 e. The number of likely N-dealkylation sites (tertiary alicyclic amines) is 1. The van der Waals surface area contributed by atoms with Crippen molar-refractivity contribution >= 4 is 17.7 Å². The molecule has 4 rings (SSSR count). The molecule has 2 N–H and O–H groups in total. The van der Waals surface area contributed by atoms with Crippen LogP contribution < -0.4 is 10.6 Å². The molecule has 1 atom stereocenters. The number of nitrogens with zero attached hydrogens (tertiary/aromatic N) is 2. The molecule has 2 heterocycles. The topological polar surface area (TPSA) is 81.8 Å². The number of piperazine rings is 1. The number of benzene rings is 2.